The van der Waals surface area contributed by atoms with Gasteiger partial charge in [0.2, 0.25) is 15.9 Å². The number of halogens is 1. The van der Waals surface area contributed by atoms with Crippen LogP contribution in [0.3, 0.4) is 0 Å². The molecule has 2 aromatic rings. The summed E-state index contributed by atoms with van der Waals surface area (Å²) in [5.41, 5.74) is -0.608. The molecule has 12 heteroatoms. The molecule has 10 nitrogen and oxygen atoms in total. The van der Waals surface area contributed by atoms with E-state index in [9.17, 15) is 18.0 Å². The van der Waals surface area contributed by atoms with Gasteiger partial charge in [-0.3, -0.25) is 4.79 Å². The van der Waals surface area contributed by atoms with Crippen LogP contribution < -0.4 is 14.8 Å². The maximum Gasteiger partial charge on any atom is 0.407 e. The van der Waals surface area contributed by atoms with Crippen LogP contribution in [0.1, 0.15) is 78.6 Å². The van der Waals surface area contributed by atoms with E-state index in [0.717, 1.165) is 12.8 Å². The molecule has 2 atom stereocenters. The van der Waals surface area contributed by atoms with Crippen LogP contribution in [-0.2, 0) is 19.6 Å². The molecule has 1 aliphatic carbocycles. The molecule has 47 heavy (non-hydrogen) atoms. The van der Waals surface area contributed by atoms with Crippen LogP contribution in [0.15, 0.2) is 53.4 Å². The first kappa shape index (κ1) is 35.3. The van der Waals surface area contributed by atoms with Crippen molar-refractivity contribution in [2.75, 3.05) is 26.2 Å². The molecular formula is C35H48ClN3O7S. The van der Waals surface area contributed by atoms with Gasteiger partial charge in [-0.2, -0.15) is 4.31 Å². The Bertz CT molecular complexity index is 1450. The van der Waals surface area contributed by atoms with Gasteiger partial charge < -0.3 is 24.4 Å². The molecule has 2 aromatic carbocycles. The minimum atomic E-state index is -4.01. The first-order chi connectivity index (χ1) is 22.4. The van der Waals surface area contributed by atoms with Gasteiger partial charge in [0.25, 0.3) is 0 Å². The van der Waals surface area contributed by atoms with Crippen LogP contribution in [0.5, 0.6) is 11.5 Å². The van der Waals surface area contributed by atoms with Gasteiger partial charge in [-0.05, 0) is 107 Å². The van der Waals surface area contributed by atoms with Gasteiger partial charge in [-0.25, -0.2) is 13.2 Å². The highest BCUT2D eigenvalue weighted by Crippen LogP contribution is 2.32. The lowest BCUT2D eigenvalue weighted by Crippen LogP contribution is -2.58. The summed E-state index contributed by atoms with van der Waals surface area (Å²) in [5, 5.41) is 3.48. The number of sulfonamides is 1. The summed E-state index contributed by atoms with van der Waals surface area (Å²) in [4.78, 5) is 28.2. The number of likely N-dealkylation sites (tertiary alicyclic amines) is 1. The molecule has 1 N–H and O–H groups in total. The third kappa shape index (κ3) is 9.76. The van der Waals surface area contributed by atoms with Crippen molar-refractivity contribution in [3.05, 3.63) is 53.6 Å². The van der Waals surface area contributed by atoms with Crippen LogP contribution in [0.2, 0.25) is 5.02 Å². The molecule has 0 aromatic heterocycles. The van der Waals surface area contributed by atoms with Crippen molar-refractivity contribution < 1.29 is 32.2 Å². The van der Waals surface area contributed by atoms with Crippen molar-refractivity contribution in [1.82, 2.24) is 14.5 Å². The van der Waals surface area contributed by atoms with Crippen molar-refractivity contribution in [3.8, 4) is 11.5 Å². The SMILES string of the molecule is CC(C)(C)OC(=O)NC1CCN(C(=O)[C@@H]2C[C@@H](Oc3ccc(Cl)cc3)CCN2S(=O)(=O)c2ccc(OCC3CCCCC3)cc2)CC1. The van der Waals surface area contributed by atoms with E-state index in [1.165, 1.54) is 23.6 Å². The van der Waals surface area contributed by atoms with Gasteiger partial charge in [0, 0.05) is 37.1 Å². The smallest absolute Gasteiger partial charge is 0.407 e. The fourth-order valence-electron chi connectivity index (χ4n) is 6.58. The average molecular weight is 690 g/mol. The molecule has 0 spiro atoms. The van der Waals surface area contributed by atoms with E-state index in [2.05, 4.69) is 5.32 Å². The summed E-state index contributed by atoms with van der Waals surface area (Å²) in [6, 6.07) is 12.5. The maximum absolute atomic E-state index is 14.1. The number of benzene rings is 2. The second-order valence-corrected chi connectivity index (χ2v) is 16.2. The van der Waals surface area contributed by atoms with E-state index >= 15 is 0 Å². The molecule has 1 saturated carbocycles. The third-order valence-electron chi connectivity index (χ3n) is 9.07. The number of carbonyl (C=O) groups is 2. The summed E-state index contributed by atoms with van der Waals surface area (Å²) < 4.78 is 47.1. The summed E-state index contributed by atoms with van der Waals surface area (Å²) in [6.07, 6.45) is 6.93. The Labute approximate surface area is 284 Å². The highest BCUT2D eigenvalue weighted by Gasteiger charge is 2.43. The number of nitrogens with zero attached hydrogens (tertiary/aromatic N) is 2. The Morgan fingerprint density at radius 2 is 1.51 bits per heavy atom. The number of piperidine rings is 2. The number of nitrogens with one attached hydrogen (secondary N) is 1. The number of alkyl carbamates (subject to hydrolysis) is 1. The number of hydrogen-bond acceptors (Lipinski definition) is 7. The Kier molecular flexibility index (Phi) is 11.6. The molecule has 5 rings (SSSR count). The lowest BCUT2D eigenvalue weighted by Gasteiger charge is -2.41. The van der Waals surface area contributed by atoms with Gasteiger partial charge in [0.05, 0.1) is 11.5 Å². The zero-order valence-corrected chi connectivity index (χ0v) is 29.2. The lowest BCUT2D eigenvalue weighted by molar-refractivity contribution is -0.138. The van der Waals surface area contributed by atoms with Crippen molar-refractivity contribution in [1.29, 1.82) is 0 Å². The minimum absolute atomic E-state index is 0.123. The van der Waals surface area contributed by atoms with Gasteiger partial charge in [-0.1, -0.05) is 30.9 Å². The van der Waals surface area contributed by atoms with Crippen molar-refractivity contribution >= 4 is 33.6 Å². The highest BCUT2D eigenvalue weighted by atomic mass is 35.5. The second-order valence-electron chi connectivity index (χ2n) is 13.9. The van der Waals surface area contributed by atoms with Crippen LogP contribution in [0.25, 0.3) is 0 Å². The summed E-state index contributed by atoms with van der Waals surface area (Å²) in [5.74, 6) is 1.52. The van der Waals surface area contributed by atoms with E-state index in [1.807, 2.05) is 20.8 Å². The quantitative estimate of drug-likeness (QED) is 0.323. The predicted octanol–water partition coefficient (Wildman–Crippen LogP) is 6.42. The Hall–Kier alpha value is -3.02. The van der Waals surface area contributed by atoms with Crippen LogP contribution in [0.4, 0.5) is 4.79 Å². The molecule has 0 unspecified atom stereocenters. The monoisotopic (exact) mass is 689 g/mol. The van der Waals surface area contributed by atoms with Crippen LogP contribution in [0, 0.1) is 5.92 Å². The van der Waals surface area contributed by atoms with Crippen molar-refractivity contribution in [3.63, 3.8) is 0 Å². The first-order valence-corrected chi connectivity index (χ1v) is 18.6. The summed E-state index contributed by atoms with van der Waals surface area (Å²) >= 11 is 6.04. The normalized spacial score (nSPS) is 22.0. The number of rotatable bonds is 9. The minimum Gasteiger partial charge on any atom is -0.493 e. The number of carbonyl (C=O) groups excluding carboxylic acids is 2. The summed E-state index contributed by atoms with van der Waals surface area (Å²) in [7, 11) is -4.01. The Morgan fingerprint density at radius 1 is 0.872 bits per heavy atom. The van der Waals surface area contributed by atoms with E-state index in [-0.39, 0.29) is 35.9 Å². The predicted molar refractivity (Wildman–Crippen MR) is 180 cm³/mol. The molecule has 0 bridgehead atoms. The first-order valence-electron chi connectivity index (χ1n) is 16.8. The van der Waals surface area contributed by atoms with Crippen molar-refractivity contribution in [2.24, 2.45) is 5.92 Å². The zero-order chi connectivity index (χ0) is 33.6. The number of hydrogen-bond donors (Lipinski definition) is 1. The third-order valence-corrected chi connectivity index (χ3v) is 11.2. The topological polar surface area (TPSA) is 114 Å². The molecule has 2 aliphatic heterocycles. The number of ether oxygens (including phenoxy) is 3. The fourth-order valence-corrected chi connectivity index (χ4v) is 8.31. The highest BCUT2D eigenvalue weighted by molar-refractivity contribution is 7.89. The molecular weight excluding hydrogens is 642 g/mol. The van der Waals surface area contributed by atoms with E-state index in [1.54, 1.807) is 53.4 Å². The average Bonchev–Trinajstić information content (AvgIpc) is 3.04. The lowest BCUT2D eigenvalue weighted by atomic mass is 9.90. The largest absolute Gasteiger partial charge is 0.493 e. The van der Waals surface area contributed by atoms with Gasteiger partial charge in [0.1, 0.15) is 29.2 Å². The second kappa shape index (κ2) is 15.5. The molecule has 2 heterocycles. The van der Waals surface area contributed by atoms with Gasteiger partial charge in [0.15, 0.2) is 0 Å². The molecule has 0 radical (unpaired) electrons. The van der Waals surface area contributed by atoms with Gasteiger partial charge >= 0.3 is 6.09 Å². The van der Waals surface area contributed by atoms with E-state index in [0.29, 0.717) is 61.4 Å². The standard InChI is InChI=1S/C35H48ClN3O7S/c1-35(2,3)46-34(41)37-27-17-20-38(21-18-27)33(40)32-23-30(45-29-11-9-26(36)10-12-29)19-22-39(32)47(42,43)31-15-13-28(14-16-31)44-24-25-7-5-4-6-8-25/h9-16,25,27,30,32H,4-8,17-24H2,1-3H3,(H,37,41)/t30-,32-/m0/s1. The summed E-state index contributed by atoms with van der Waals surface area (Å²) in [6.45, 7) is 6.96. The Morgan fingerprint density at radius 3 is 2.15 bits per heavy atom. The van der Waals surface area contributed by atoms with Crippen LogP contribution >= 0.6 is 11.6 Å². The molecule has 2 saturated heterocycles. The molecule has 3 aliphatic rings. The maximum atomic E-state index is 14.1. The number of amides is 2. The molecule has 2 amide bonds. The van der Waals surface area contributed by atoms with E-state index < -0.39 is 27.8 Å². The molecule has 3 fully saturated rings. The van der Waals surface area contributed by atoms with Crippen LogP contribution in [-0.4, -0.2) is 79.7 Å². The Balaban J connectivity index is 1.27. The fraction of sp³-hybridized carbons (Fsp3) is 0.600. The van der Waals surface area contributed by atoms with E-state index in [4.69, 9.17) is 25.8 Å². The zero-order valence-electron chi connectivity index (χ0n) is 27.7. The molecule has 258 valence electrons. The van der Waals surface area contributed by atoms with Crippen molar-refractivity contribution in [2.45, 2.75) is 107 Å². The van der Waals surface area contributed by atoms with Gasteiger partial charge in [-0.15, -0.1) is 0 Å².